The molecule has 0 saturated carbocycles. The van der Waals surface area contributed by atoms with E-state index in [2.05, 4.69) is 28.7 Å². The van der Waals surface area contributed by atoms with Crippen molar-refractivity contribution in [3.8, 4) is 0 Å². The van der Waals surface area contributed by atoms with Crippen molar-refractivity contribution in [2.24, 2.45) is 0 Å². The molecule has 2 saturated heterocycles. The van der Waals surface area contributed by atoms with E-state index in [-0.39, 0.29) is 23.8 Å². The van der Waals surface area contributed by atoms with Crippen LogP contribution >= 0.6 is 0 Å². The van der Waals surface area contributed by atoms with Gasteiger partial charge in [0.15, 0.2) is 0 Å². The summed E-state index contributed by atoms with van der Waals surface area (Å²) in [6, 6.07) is 1.59. The molecule has 0 radical (unpaired) electrons. The van der Waals surface area contributed by atoms with Crippen molar-refractivity contribution in [2.45, 2.75) is 44.9 Å². The van der Waals surface area contributed by atoms with Gasteiger partial charge < -0.3 is 14.6 Å². The summed E-state index contributed by atoms with van der Waals surface area (Å²) in [6.45, 7) is 7.26. The number of carbonyl (C=O) groups excluding carboxylic acids is 1. The van der Waals surface area contributed by atoms with Gasteiger partial charge in [-0.3, -0.25) is 19.5 Å². The zero-order valence-corrected chi connectivity index (χ0v) is 14.1. The first kappa shape index (κ1) is 16.9. The number of carbonyl (C=O) groups is 1. The average Bonchev–Trinajstić information content (AvgIpc) is 2.52. The molecular formula is C16H24N4O4. The highest BCUT2D eigenvalue weighted by Crippen LogP contribution is 2.22. The molecular weight excluding hydrogens is 312 g/mol. The largest absolute Gasteiger partial charge is 0.373 e. The van der Waals surface area contributed by atoms with Crippen molar-refractivity contribution >= 4 is 5.91 Å². The molecule has 3 rings (SSSR count). The summed E-state index contributed by atoms with van der Waals surface area (Å²) >= 11 is 0. The first-order chi connectivity index (χ1) is 11.4. The number of ether oxygens (including phenoxy) is 1. The maximum atomic E-state index is 12.5. The molecule has 0 bridgehead atoms. The van der Waals surface area contributed by atoms with Crippen molar-refractivity contribution in [3.63, 3.8) is 0 Å². The van der Waals surface area contributed by atoms with Crippen LogP contribution in [0.4, 0.5) is 0 Å². The molecule has 2 N–H and O–H groups in total. The van der Waals surface area contributed by atoms with Gasteiger partial charge in [0, 0.05) is 38.3 Å². The summed E-state index contributed by atoms with van der Waals surface area (Å²) in [7, 11) is 0. The first-order valence-electron chi connectivity index (χ1n) is 8.45. The normalized spacial score (nSPS) is 26.5. The van der Waals surface area contributed by atoms with Gasteiger partial charge in [-0.1, -0.05) is 0 Å². The fourth-order valence-electron chi connectivity index (χ4n) is 3.70. The molecule has 1 aromatic heterocycles. The molecule has 132 valence electrons. The monoisotopic (exact) mass is 336 g/mol. The molecule has 2 aliphatic heterocycles. The van der Waals surface area contributed by atoms with Crippen LogP contribution < -0.4 is 11.2 Å². The number of H-pyrrole nitrogens is 2. The summed E-state index contributed by atoms with van der Waals surface area (Å²) in [6.07, 6.45) is 2.24. The summed E-state index contributed by atoms with van der Waals surface area (Å²) in [5.41, 5.74) is -1.17. The standard InChI is InChI=1S/C16H24N4O4/c1-10-8-20(9-11(2)24-10)12-3-5-19(6-4-12)15(22)13-7-14(21)18-16(23)17-13/h7,10-12H,3-6,8-9H2,1-2H3,(H2,17,18,21,23)/t10-,11+. The van der Waals surface area contributed by atoms with E-state index >= 15 is 0 Å². The molecule has 0 aliphatic carbocycles. The maximum absolute atomic E-state index is 12.5. The number of nitrogens with one attached hydrogen (secondary N) is 2. The predicted octanol–water partition coefficient (Wildman–Crippen LogP) is -0.223. The van der Waals surface area contributed by atoms with Crippen LogP contribution in [0.1, 0.15) is 37.2 Å². The molecule has 24 heavy (non-hydrogen) atoms. The Hall–Kier alpha value is -1.93. The molecule has 2 aliphatic rings. The van der Waals surface area contributed by atoms with E-state index in [4.69, 9.17) is 4.74 Å². The van der Waals surface area contributed by atoms with Crippen LogP contribution in [0.3, 0.4) is 0 Å². The highest BCUT2D eigenvalue weighted by atomic mass is 16.5. The van der Waals surface area contributed by atoms with E-state index in [9.17, 15) is 14.4 Å². The van der Waals surface area contributed by atoms with Gasteiger partial charge in [-0.25, -0.2) is 4.79 Å². The van der Waals surface area contributed by atoms with Gasteiger partial charge in [0.1, 0.15) is 5.69 Å². The summed E-state index contributed by atoms with van der Waals surface area (Å²) in [5, 5.41) is 0. The fraction of sp³-hybridized carbons (Fsp3) is 0.688. The minimum Gasteiger partial charge on any atom is -0.373 e. The Bertz CT molecular complexity index is 666. The lowest BCUT2D eigenvalue weighted by Gasteiger charge is -2.43. The highest BCUT2D eigenvalue weighted by molar-refractivity contribution is 5.92. The Morgan fingerprint density at radius 2 is 1.75 bits per heavy atom. The van der Waals surface area contributed by atoms with Crippen molar-refractivity contribution in [1.82, 2.24) is 19.8 Å². The molecule has 8 heteroatoms. The second-order valence-corrected chi connectivity index (χ2v) is 6.74. The number of aromatic nitrogens is 2. The van der Waals surface area contributed by atoms with E-state index in [0.29, 0.717) is 19.1 Å². The molecule has 2 atom stereocenters. The smallest absolute Gasteiger partial charge is 0.326 e. The minimum absolute atomic E-state index is 0.0517. The Kier molecular flexibility index (Phi) is 4.86. The number of hydrogen-bond acceptors (Lipinski definition) is 5. The second-order valence-electron chi connectivity index (χ2n) is 6.74. The van der Waals surface area contributed by atoms with Crippen molar-refractivity contribution < 1.29 is 9.53 Å². The lowest BCUT2D eigenvalue weighted by molar-refractivity contribution is -0.0856. The Labute approximate surface area is 139 Å². The lowest BCUT2D eigenvalue weighted by Crippen LogP contribution is -2.53. The third kappa shape index (κ3) is 3.76. The van der Waals surface area contributed by atoms with Crippen LogP contribution in [-0.2, 0) is 4.74 Å². The molecule has 0 unspecified atom stereocenters. The zero-order valence-electron chi connectivity index (χ0n) is 14.1. The second kappa shape index (κ2) is 6.90. The zero-order chi connectivity index (χ0) is 17.3. The number of morpholine rings is 1. The molecule has 2 fully saturated rings. The van der Waals surface area contributed by atoms with E-state index in [0.717, 1.165) is 32.0 Å². The molecule has 0 spiro atoms. The fourth-order valence-corrected chi connectivity index (χ4v) is 3.70. The summed E-state index contributed by atoms with van der Waals surface area (Å²) in [4.78, 5) is 43.8. The predicted molar refractivity (Wildman–Crippen MR) is 88.2 cm³/mol. The summed E-state index contributed by atoms with van der Waals surface area (Å²) < 4.78 is 5.77. The van der Waals surface area contributed by atoms with E-state index < -0.39 is 11.2 Å². The maximum Gasteiger partial charge on any atom is 0.326 e. The number of likely N-dealkylation sites (tertiary alicyclic amines) is 1. The minimum atomic E-state index is -0.656. The van der Waals surface area contributed by atoms with Crippen LogP contribution in [0.5, 0.6) is 0 Å². The van der Waals surface area contributed by atoms with Crippen molar-refractivity contribution in [1.29, 1.82) is 0 Å². The van der Waals surface area contributed by atoms with Gasteiger partial charge in [0.05, 0.1) is 12.2 Å². The number of amides is 1. The van der Waals surface area contributed by atoms with Gasteiger partial charge in [0.25, 0.3) is 11.5 Å². The first-order valence-corrected chi connectivity index (χ1v) is 8.45. The molecule has 8 nitrogen and oxygen atoms in total. The van der Waals surface area contributed by atoms with Crippen molar-refractivity contribution in [3.05, 3.63) is 32.6 Å². The van der Waals surface area contributed by atoms with E-state index in [1.54, 1.807) is 4.90 Å². The van der Waals surface area contributed by atoms with Gasteiger partial charge >= 0.3 is 5.69 Å². The van der Waals surface area contributed by atoms with Crippen LogP contribution in [0.2, 0.25) is 0 Å². The number of aromatic amines is 2. The van der Waals surface area contributed by atoms with E-state index in [1.807, 2.05) is 0 Å². The summed E-state index contributed by atoms with van der Waals surface area (Å²) in [5.74, 6) is -0.291. The van der Waals surface area contributed by atoms with Crippen LogP contribution in [-0.4, -0.2) is 70.1 Å². The lowest BCUT2D eigenvalue weighted by atomic mass is 10.0. The quantitative estimate of drug-likeness (QED) is 0.778. The van der Waals surface area contributed by atoms with Gasteiger partial charge in [-0.15, -0.1) is 0 Å². The van der Waals surface area contributed by atoms with Gasteiger partial charge in [-0.05, 0) is 26.7 Å². The number of rotatable bonds is 2. The Balaban J connectivity index is 1.61. The molecule has 0 aromatic carbocycles. The number of hydrogen-bond donors (Lipinski definition) is 2. The van der Waals surface area contributed by atoms with Crippen molar-refractivity contribution in [2.75, 3.05) is 26.2 Å². The SMILES string of the molecule is C[C@@H]1CN(C2CCN(C(=O)c3cc(=O)[nH]c(=O)[nH]3)CC2)C[C@H](C)O1. The number of nitrogens with zero attached hydrogens (tertiary/aromatic N) is 2. The topological polar surface area (TPSA) is 98.5 Å². The Morgan fingerprint density at radius 3 is 2.33 bits per heavy atom. The van der Waals surface area contributed by atoms with Crippen LogP contribution in [0.15, 0.2) is 15.7 Å². The van der Waals surface area contributed by atoms with Crippen LogP contribution in [0.25, 0.3) is 0 Å². The van der Waals surface area contributed by atoms with Gasteiger partial charge in [0.2, 0.25) is 0 Å². The highest BCUT2D eigenvalue weighted by Gasteiger charge is 2.31. The van der Waals surface area contributed by atoms with Crippen LogP contribution in [0, 0.1) is 0 Å². The third-order valence-corrected chi connectivity index (χ3v) is 4.71. The third-order valence-electron chi connectivity index (χ3n) is 4.71. The number of piperidine rings is 1. The molecule has 1 amide bonds. The Morgan fingerprint density at radius 1 is 1.12 bits per heavy atom. The molecule has 3 heterocycles. The van der Waals surface area contributed by atoms with Gasteiger partial charge in [-0.2, -0.15) is 0 Å². The average molecular weight is 336 g/mol. The molecule has 1 aromatic rings. The van der Waals surface area contributed by atoms with E-state index in [1.165, 1.54) is 0 Å².